The summed E-state index contributed by atoms with van der Waals surface area (Å²) < 4.78 is 0. The molecule has 1 aromatic rings. The molecule has 0 aliphatic heterocycles. The smallest absolute Gasteiger partial charge is 0.263 e. The molecule has 0 radical (unpaired) electrons. The molecule has 1 atom stereocenters. The Balaban J connectivity index is 2.95. The van der Waals surface area contributed by atoms with Gasteiger partial charge in [-0.05, 0) is 17.8 Å². The molecule has 0 saturated heterocycles. The molecule has 0 spiro atoms. The fourth-order valence-electron chi connectivity index (χ4n) is 1.13. The first kappa shape index (κ1) is 12.4. The zero-order valence-electron chi connectivity index (χ0n) is 8.53. The van der Waals surface area contributed by atoms with Crippen molar-refractivity contribution in [3.63, 3.8) is 0 Å². The van der Waals surface area contributed by atoms with Crippen LogP contribution in [-0.2, 0) is 0 Å². The van der Waals surface area contributed by atoms with E-state index in [1.807, 2.05) is 0 Å². The molecule has 0 fully saturated rings. The maximum atomic E-state index is 10.7. The Bertz CT molecular complexity index is 410. The summed E-state index contributed by atoms with van der Waals surface area (Å²) in [4.78, 5) is 20.7. The lowest BCUT2D eigenvalue weighted by Gasteiger charge is -2.06. The summed E-state index contributed by atoms with van der Waals surface area (Å²) in [6.45, 7) is 1.68. The van der Waals surface area contributed by atoms with Crippen LogP contribution in [0.2, 0.25) is 0 Å². The highest BCUT2D eigenvalue weighted by Gasteiger charge is 2.23. The predicted octanol–water partition coefficient (Wildman–Crippen LogP) is 2.70. The molecule has 16 heavy (non-hydrogen) atoms. The van der Waals surface area contributed by atoms with Gasteiger partial charge >= 0.3 is 0 Å². The van der Waals surface area contributed by atoms with Crippen LogP contribution in [0.25, 0.3) is 0 Å². The third-order valence-electron chi connectivity index (χ3n) is 1.91. The fraction of sp³-hybridized carbons (Fsp3) is 0.333. The summed E-state index contributed by atoms with van der Waals surface area (Å²) in [6, 6.07) is 6.03. The Labute approximate surface area is 96.0 Å². The van der Waals surface area contributed by atoms with Gasteiger partial charge in [-0.15, -0.1) is 0 Å². The molecule has 6 nitrogen and oxygen atoms in total. The number of nitro groups is 2. The van der Waals surface area contributed by atoms with E-state index in [1.54, 1.807) is 13.0 Å². The number of thioether (sulfide) groups is 1. The van der Waals surface area contributed by atoms with Crippen LogP contribution in [0.5, 0.6) is 0 Å². The van der Waals surface area contributed by atoms with E-state index >= 15 is 0 Å². The lowest BCUT2D eigenvalue weighted by atomic mass is 10.3. The van der Waals surface area contributed by atoms with Gasteiger partial charge < -0.3 is 0 Å². The standard InChI is InChI=1S/C9H10N2O4S/c1-2-9(11(14)15)16-8-6-4-3-5-7(8)10(12)13/h3-6,9H,2H2,1H3/t9-/m1/s1. The minimum Gasteiger partial charge on any atom is -0.263 e. The monoisotopic (exact) mass is 242 g/mol. The fourth-order valence-corrected chi connectivity index (χ4v) is 2.10. The maximum absolute atomic E-state index is 10.7. The summed E-state index contributed by atoms with van der Waals surface area (Å²) in [5.41, 5.74) is -0.0900. The molecule has 0 aliphatic rings. The Morgan fingerprint density at radius 3 is 2.44 bits per heavy atom. The highest BCUT2D eigenvalue weighted by Crippen LogP contribution is 2.32. The van der Waals surface area contributed by atoms with Gasteiger partial charge in [0.2, 0.25) is 0 Å². The van der Waals surface area contributed by atoms with Crippen molar-refractivity contribution in [3.05, 3.63) is 44.5 Å². The van der Waals surface area contributed by atoms with Crippen molar-refractivity contribution in [2.24, 2.45) is 0 Å². The van der Waals surface area contributed by atoms with E-state index in [9.17, 15) is 20.2 Å². The first-order chi connectivity index (χ1) is 7.56. The van der Waals surface area contributed by atoms with Gasteiger partial charge in [-0.3, -0.25) is 20.2 Å². The number of rotatable bonds is 5. The summed E-state index contributed by atoms with van der Waals surface area (Å²) in [5, 5.41) is 20.5. The van der Waals surface area contributed by atoms with Gasteiger partial charge in [-0.1, -0.05) is 19.1 Å². The van der Waals surface area contributed by atoms with Gasteiger partial charge in [0.05, 0.1) is 9.82 Å². The van der Waals surface area contributed by atoms with Crippen LogP contribution in [-0.4, -0.2) is 15.2 Å². The van der Waals surface area contributed by atoms with Gasteiger partial charge in [0.25, 0.3) is 11.1 Å². The van der Waals surface area contributed by atoms with Crippen LogP contribution < -0.4 is 0 Å². The van der Waals surface area contributed by atoms with E-state index in [1.165, 1.54) is 18.2 Å². The molecule has 0 saturated carbocycles. The quantitative estimate of drug-likeness (QED) is 0.343. The van der Waals surface area contributed by atoms with Crippen LogP contribution in [0.4, 0.5) is 5.69 Å². The number of benzene rings is 1. The van der Waals surface area contributed by atoms with Crippen molar-refractivity contribution < 1.29 is 9.85 Å². The summed E-state index contributed by atoms with van der Waals surface area (Å²) >= 11 is 0.911. The Morgan fingerprint density at radius 1 is 1.31 bits per heavy atom. The van der Waals surface area contributed by atoms with Gasteiger partial charge in [-0.25, -0.2) is 0 Å². The van der Waals surface area contributed by atoms with E-state index in [0.717, 1.165) is 11.8 Å². The van der Waals surface area contributed by atoms with E-state index < -0.39 is 15.2 Å². The maximum Gasteiger partial charge on any atom is 0.283 e. The molecule has 0 bridgehead atoms. The molecule has 0 amide bonds. The van der Waals surface area contributed by atoms with Crippen molar-refractivity contribution in [3.8, 4) is 0 Å². The minimum absolute atomic E-state index is 0.0900. The Morgan fingerprint density at radius 2 is 1.94 bits per heavy atom. The average Bonchev–Trinajstić information content (AvgIpc) is 2.25. The normalized spacial score (nSPS) is 12.1. The van der Waals surface area contributed by atoms with Crippen molar-refractivity contribution in [1.29, 1.82) is 0 Å². The first-order valence-electron chi connectivity index (χ1n) is 4.59. The van der Waals surface area contributed by atoms with Gasteiger partial charge in [-0.2, -0.15) is 0 Å². The third-order valence-corrected chi connectivity index (χ3v) is 3.29. The second kappa shape index (κ2) is 5.45. The van der Waals surface area contributed by atoms with E-state index in [4.69, 9.17) is 0 Å². The van der Waals surface area contributed by atoms with Crippen molar-refractivity contribution in [2.75, 3.05) is 0 Å². The van der Waals surface area contributed by atoms with Crippen LogP contribution in [0.3, 0.4) is 0 Å². The van der Waals surface area contributed by atoms with Crippen LogP contribution in [0.15, 0.2) is 29.2 Å². The average molecular weight is 242 g/mol. The van der Waals surface area contributed by atoms with Crippen LogP contribution in [0, 0.1) is 20.2 Å². The second-order valence-corrected chi connectivity index (χ2v) is 4.21. The molecule has 0 aliphatic carbocycles. The molecule has 0 aromatic heterocycles. The highest BCUT2D eigenvalue weighted by atomic mass is 32.2. The van der Waals surface area contributed by atoms with Crippen molar-refractivity contribution >= 4 is 17.4 Å². The number of nitrogens with zero attached hydrogens (tertiary/aromatic N) is 2. The molecular weight excluding hydrogens is 232 g/mol. The first-order valence-corrected chi connectivity index (χ1v) is 5.47. The van der Waals surface area contributed by atoms with Gasteiger partial charge in [0, 0.05) is 17.4 Å². The van der Waals surface area contributed by atoms with Crippen LogP contribution >= 0.6 is 11.8 Å². The van der Waals surface area contributed by atoms with E-state index in [-0.39, 0.29) is 5.69 Å². The SMILES string of the molecule is CC[C@@H](Sc1ccccc1[N+](=O)[O-])[N+](=O)[O-]. The number of para-hydroxylation sites is 1. The molecule has 7 heteroatoms. The number of hydrogen-bond acceptors (Lipinski definition) is 5. The molecule has 86 valence electrons. The molecule has 1 rings (SSSR count). The third kappa shape index (κ3) is 2.93. The van der Waals surface area contributed by atoms with Crippen LogP contribution in [0.1, 0.15) is 13.3 Å². The van der Waals surface area contributed by atoms with Crippen molar-refractivity contribution in [2.45, 2.75) is 23.6 Å². The summed E-state index contributed by atoms with van der Waals surface area (Å²) in [6.07, 6.45) is 0.323. The van der Waals surface area contributed by atoms with Gasteiger partial charge in [0.1, 0.15) is 0 Å². The topological polar surface area (TPSA) is 86.3 Å². The molecule has 0 N–H and O–H groups in total. The number of hydrogen-bond donors (Lipinski definition) is 0. The van der Waals surface area contributed by atoms with Crippen molar-refractivity contribution in [1.82, 2.24) is 0 Å². The highest BCUT2D eigenvalue weighted by molar-refractivity contribution is 7.99. The number of nitro benzene ring substituents is 1. The minimum atomic E-state index is -0.846. The zero-order valence-corrected chi connectivity index (χ0v) is 9.35. The summed E-state index contributed by atoms with van der Waals surface area (Å²) in [5.74, 6) is 0. The predicted molar refractivity (Wildman–Crippen MR) is 60.0 cm³/mol. The van der Waals surface area contributed by atoms with E-state index in [2.05, 4.69) is 0 Å². The Hall–Kier alpha value is -1.63. The lowest BCUT2D eigenvalue weighted by Crippen LogP contribution is -2.13. The van der Waals surface area contributed by atoms with E-state index in [0.29, 0.717) is 11.3 Å². The Kier molecular flexibility index (Phi) is 4.24. The largest absolute Gasteiger partial charge is 0.283 e. The molecule has 0 heterocycles. The molecular formula is C9H10N2O4S. The van der Waals surface area contributed by atoms with Gasteiger partial charge in [0.15, 0.2) is 0 Å². The zero-order chi connectivity index (χ0) is 12.1. The second-order valence-electron chi connectivity index (χ2n) is 2.99. The molecule has 0 unspecified atom stereocenters. The molecule has 1 aromatic carbocycles. The lowest BCUT2D eigenvalue weighted by molar-refractivity contribution is -0.495. The summed E-state index contributed by atoms with van der Waals surface area (Å²) in [7, 11) is 0.